The fraction of sp³-hybridized carbons (Fsp3) is 0.0690. The van der Waals surface area contributed by atoms with Crippen molar-refractivity contribution in [2.75, 3.05) is 4.90 Å². The van der Waals surface area contributed by atoms with E-state index in [1.165, 1.54) is 94.3 Å². The summed E-state index contributed by atoms with van der Waals surface area (Å²) in [5.41, 5.74) is 22.6. The summed E-state index contributed by atoms with van der Waals surface area (Å²) in [6.07, 6.45) is 0. The predicted molar refractivity (Wildman–Crippen MR) is 249 cm³/mol. The number of rotatable bonds is 4. The van der Waals surface area contributed by atoms with Gasteiger partial charge in [-0.2, -0.15) is 0 Å². The molecule has 0 saturated carbocycles. The molecule has 60 heavy (non-hydrogen) atoms. The van der Waals surface area contributed by atoms with Gasteiger partial charge in [-0.1, -0.05) is 159 Å². The molecule has 0 N–H and O–H groups in total. The second kappa shape index (κ2) is 12.1. The lowest BCUT2D eigenvalue weighted by atomic mass is 9.69. The van der Waals surface area contributed by atoms with Crippen molar-refractivity contribution >= 4 is 38.9 Å². The van der Waals surface area contributed by atoms with Gasteiger partial charge in [-0.25, -0.2) is 0 Å². The van der Waals surface area contributed by atoms with E-state index in [0.29, 0.717) is 0 Å². The van der Waals surface area contributed by atoms with Gasteiger partial charge >= 0.3 is 0 Å². The maximum absolute atomic E-state index is 2.50. The van der Waals surface area contributed by atoms with Crippen molar-refractivity contribution in [2.24, 2.45) is 0 Å². The number of fused-ring (bicyclic) bond motifs is 18. The maximum atomic E-state index is 2.50. The lowest BCUT2D eigenvalue weighted by molar-refractivity contribution is 0.667. The molecular weight excluding hydrogens is 725 g/mol. The second-order valence-electron chi connectivity index (χ2n) is 17.2. The molecule has 0 bridgehead atoms. The molecule has 9 aromatic carbocycles. The topological polar surface area (TPSA) is 8.17 Å². The first-order valence-electron chi connectivity index (χ1n) is 21.1. The molecule has 2 nitrogen and oxygen atoms in total. The smallest absolute Gasteiger partial charge is 0.0726 e. The fourth-order valence-electron chi connectivity index (χ4n) is 11.7. The highest BCUT2D eigenvalue weighted by molar-refractivity contribution is 6.15. The van der Waals surface area contributed by atoms with E-state index in [0.717, 1.165) is 17.1 Å². The van der Waals surface area contributed by atoms with E-state index >= 15 is 0 Å². The molecule has 1 heterocycles. The Labute approximate surface area is 350 Å². The van der Waals surface area contributed by atoms with Crippen LogP contribution < -0.4 is 4.90 Å². The van der Waals surface area contributed by atoms with Crippen molar-refractivity contribution in [1.82, 2.24) is 4.57 Å². The zero-order valence-electron chi connectivity index (χ0n) is 33.5. The number of hydrogen-bond donors (Lipinski definition) is 0. The molecule has 282 valence electrons. The number of hydrogen-bond acceptors (Lipinski definition) is 1. The fourth-order valence-corrected chi connectivity index (χ4v) is 11.7. The van der Waals surface area contributed by atoms with Gasteiger partial charge in [0.05, 0.1) is 16.4 Å². The Hall–Kier alpha value is -7.42. The normalized spacial score (nSPS) is 16.0. The first-order chi connectivity index (χ1) is 29.6. The Balaban J connectivity index is 1.10. The number of anilines is 3. The molecule has 0 fully saturated rings. The Morgan fingerprint density at radius 2 is 0.933 bits per heavy atom. The van der Waals surface area contributed by atoms with Crippen molar-refractivity contribution in [3.8, 4) is 39.1 Å². The monoisotopic (exact) mass is 764 g/mol. The number of aromatic nitrogens is 1. The van der Waals surface area contributed by atoms with Crippen LogP contribution in [0.3, 0.4) is 0 Å². The van der Waals surface area contributed by atoms with Crippen molar-refractivity contribution in [3.63, 3.8) is 0 Å². The summed E-state index contributed by atoms with van der Waals surface area (Å²) in [7, 11) is 0. The molecule has 2 heteroatoms. The highest BCUT2D eigenvalue weighted by Gasteiger charge is 2.54. The van der Waals surface area contributed by atoms with Gasteiger partial charge in [-0.05, 0) is 127 Å². The van der Waals surface area contributed by atoms with Crippen molar-refractivity contribution in [1.29, 1.82) is 0 Å². The van der Waals surface area contributed by atoms with Crippen LogP contribution in [-0.4, -0.2) is 4.57 Å². The first-order valence-corrected chi connectivity index (χ1v) is 21.1. The van der Waals surface area contributed by atoms with Crippen LogP contribution in [0.15, 0.2) is 206 Å². The third-order valence-corrected chi connectivity index (χ3v) is 13.9. The Kier molecular flexibility index (Phi) is 6.74. The Bertz CT molecular complexity index is 3350. The van der Waals surface area contributed by atoms with Gasteiger partial charge in [-0.3, -0.25) is 0 Å². The molecule has 1 aromatic heterocycles. The minimum atomic E-state index is -0.495. The van der Waals surface area contributed by atoms with Crippen molar-refractivity contribution < 1.29 is 0 Å². The van der Waals surface area contributed by atoms with E-state index in [1.807, 2.05) is 0 Å². The largest absolute Gasteiger partial charge is 0.310 e. The summed E-state index contributed by atoms with van der Waals surface area (Å²) in [6.45, 7) is 4.96. The summed E-state index contributed by atoms with van der Waals surface area (Å²) < 4.78 is 2.46. The van der Waals surface area contributed by atoms with Gasteiger partial charge in [0, 0.05) is 38.9 Å². The molecule has 13 rings (SSSR count). The zero-order chi connectivity index (χ0) is 39.7. The van der Waals surface area contributed by atoms with E-state index < -0.39 is 5.41 Å². The average molecular weight is 765 g/mol. The van der Waals surface area contributed by atoms with Crippen LogP contribution in [0.1, 0.15) is 47.2 Å². The molecule has 1 spiro atoms. The number of nitrogens with zero attached hydrogens (tertiary/aromatic N) is 2. The number of benzene rings is 9. The molecule has 1 unspecified atom stereocenters. The zero-order valence-corrected chi connectivity index (χ0v) is 33.5. The molecule has 0 saturated heterocycles. The molecule has 3 aliphatic carbocycles. The van der Waals surface area contributed by atoms with Crippen LogP contribution in [0.25, 0.3) is 60.9 Å². The summed E-state index contributed by atoms with van der Waals surface area (Å²) in [5.74, 6) is 0. The molecule has 0 aliphatic heterocycles. The van der Waals surface area contributed by atoms with Crippen LogP contribution in [-0.2, 0) is 10.8 Å². The maximum Gasteiger partial charge on any atom is 0.0726 e. The molecular formula is C58H40N2. The van der Waals surface area contributed by atoms with Crippen LogP contribution in [0.2, 0.25) is 0 Å². The molecule has 10 aromatic rings. The van der Waals surface area contributed by atoms with E-state index in [9.17, 15) is 0 Å². The highest BCUT2D eigenvalue weighted by Crippen LogP contribution is 2.67. The Morgan fingerprint density at radius 1 is 0.383 bits per heavy atom. The van der Waals surface area contributed by atoms with Gasteiger partial charge in [0.1, 0.15) is 0 Å². The van der Waals surface area contributed by atoms with Crippen LogP contribution in [0.4, 0.5) is 17.1 Å². The van der Waals surface area contributed by atoms with Crippen LogP contribution >= 0.6 is 0 Å². The van der Waals surface area contributed by atoms with Gasteiger partial charge in [0.2, 0.25) is 0 Å². The standard InChI is InChI=1S/C58H40N2/c1-57(2)55-43(44-33-35-52-54(56(44)57)46-26-14-17-29-51(46)60(52)39-22-10-5-11-23-39)32-34-49-53(55)45-25-13-16-28-48(45)58(49)47-27-15-12-24-41(47)42-31-30-40(36-50(42)58)59(37-18-6-3-7-19-37)38-20-8-4-9-21-38/h3-36H,1-2H3. The van der Waals surface area contributed by atoms with E-state index in [2.05, 4.69) is 230 Å². The molecule has 0 amide bonds. The van der Waals surface area contributed by atoms with Crippen LogP contribution in [0.5, 0.6) is 0 Å². The van der Waals surface area contributed by atoms with Gasteiger partial charge in [-0.15, -0.1) is 0 Å². The minimum absolute atomic E-state index is 0.292. The second-order valence-corrected chi connectivity index (χ2v) is 17.2. The summed E-state index contributed by atoms with van der Waals surface area (Å²) in [6, 6.07) is 76.7. The molecule has 1 atom stereocenters. The van der Waals surface area contributed by atoms with E-state index in [1.54, 1.807) is 0 Å². The number of para-hydroxylation sites is 4. The van der Waals surface area contributed by atoms with Gasteiger partial charge < -0.3 is 9.47 Å². The predicted octanol–water partition coefficient (Wildman–Crippen LogP) is 14.9. The minimum Gasteiger partial charge on any atom is -0.310 e. The van der Waals surface area contributed by atoms with Crippen molar-refractivity contribution in [2.45, 2.75) is 24.7 Å². The highest BCUT2D eigenvalue weighted by atomic mass is 15.1. The third-order valence-electron chi connectivity index (χ3n) is 13.9. The third kappa shape index (κ3) is 4.17. The van der Waals surface area contributed by atoms with E-state index in [4.69, 9.17) is 0 Å². The SMILES string of the molecule is CC1(C)c2c(ccc3c2-c2ccccc2C32c3ccccc3-c3ccc(N(c4ccccc4)c4ccccc4)cc32)-c2ccc3c(c21)c1ccccc1n3-c1ccccc1. The first kappa shape index (κ1) is 33.5. The lowest BCUT2D eigenvalue weighted by Gasteiger charge is -2.33. The van der Waals surface area contributed by atoms with Gasteiger partial charge in [0.15, 0.2) is 0 Å². The lowest BCUT2D eigenvalue weighted by Crippen LogP contribution is -2.26. The van der Waals surface area contributed by atoms with Crippen LogP contribution in [0, 0.1) is 0 Å². The molecule has 0 radical (unpaired) electrons. The summed E-state index contributed by atoms with van der Waals surface area (Å²) in [4.78, 5) is 2.40. The van der Waals surface area contributed by atoms with Gasteiger partial charge in [0.25, 0.3) is 0 Å². The average Bonchev–Trinajstić information content (AvgIpc) is 3.97. The quantitative estimate of drug-likeness (QED) is 0.173. The van der Waals surface area contributed by atoms with Crippen molar-refractivity contribution in [3.05, 3.63) is 240 Å². The Morgan fingerprint density at radius 3 is 1.67 bits per heavy atom. The van der Waals surface area contributed by atoms with E-state index in [-0.39, 0.29) is 5.41 Å². The molecule has 3 aliphatic rings. The summed E-state index contributed by atoms with van der Waals surface area (Å²) >= 11 is 0. The summed E-state index contributed by atoms with van der Waals surface area (Å²) in [5, 5.41) is 2.65.